The molecule has 0 saturated heterocycles. The van der Waals surface area contributed by atoms with E-state index in [4.69, 9.17) is 10.8 Å². The number of carbonyl (C=O) groups excluding carboxylic acids is 4. The van der Waals surface area contributed by atoms with Crippen LogP contribution in [0.3, 0.4) is 0 Å². The molecule has 0 aliphatic rings. The molecule has 0 aromatic rings. The normalized spacial score (nSPS) is 13.8. The Bertz CT molecular complexity index is 697. The minimum atomic E-state index is -1.41. The van der Waals surface area contributed by atoms with Gasteiger partial charge in [-0.15, -0.1) is 0 Å². The first-order chi connectivity index (χ1) is 15.7. The number of amides is 4. The Morgan fingerprint density at radius 1 is 0.941 bits per heavy atom. The molecule has 11 heteroatoms. The first-order valence-electron chi connectivity index (χ1n) is 11.8. The van der Waals surface area contributed by atoms with E-state index < -0.39 is 42.2 Å². The van der Waals surface area contributed by atoms with Gasteiger partial charge in [-0.2, -0.15) is 0 Å². The molecule has 0 heterocycles. The van der Waals surface area contributed by atoms with E-state index in [1.165, 1.54) is 11.9 Å². The molecule has 0 saturated carbocycles. The fraction of sp³-hybridized carbons (Fsp3) is 0.783. The Morgan fingerprint density at radius 2 is 1.56 bits per heavy atom. The van der Waals surface area contributed by atoms with Gasteiger partial charge in [-0.3, -0.25) is 24.0 Å². The van der Waals surface area contributed by atoms with Gasteiger partial charge in [-0.05, 0) is 38.1 Å². The van der Waals surface area contributed by atoms with E-state index in [-0.39, 0.29) is 18.4 Å². The molecule has 11 nitrogen and oxygen atoms in total. The van der Waals surface area contributed by atoms with E-state index in [1.54, 1.807) is 6.92 Å². The minimum absolute atomic E-state index is 0.219. The van der Waals surface area contributed by atoms with Crippen LogP contribution in [0.2, 0.25) is 0 Å². The third-order valence-corrected chi connectivity index (χ3v) is 5.17. The molecule has 0 bridgehead atoms. The molecule has 0 spiro atoms. The molecule has 0 aliphatic heterocycles. The van der Waals surface area contributed by atoms with Crippen molar-refractivity contribution < 1.29 is 29.1 Å². The Labute approximate surface area is 202 Å². The summed E-state index contributed by atoms with van der Waals surface area (Å²) in [5.74, 6) is -3.71. The van der Waals surface area contributed by atoms with Gasteiger partial charge in [0.2, 0.25) is 23.6 Å². The van der Waals surface area contributed by atoms with Crippen molar-refractivity contribution in [1.29, 1.82) is 0 Å². The van der Waals surface area contributed by atoms with Gasteiger partial charge < -0.3 is 31.7 Å². The predicted octanol–water partition coefficient (Wildman–Crippen LogP) is 0.225. The monoisotopic (exact) mass is 485 g/mol. The number of aliphatic carboxylic acids is 1. The Balaban J connectivity index is 4.99. The summed E-state index contributed by atoms with van der Waals surface area (Å²) >= 11 is 0. The summed E-state index contributed by atoms with van der Waals surface area (Å²) in [5.41, 5.74) is 5.40. The number of hydrogen-bond acceptors (Lipinski definition) is 6. The van der Waals surface area contributed by atoms with E-state index in [9.17, 15) is 24.0 Å². The zero-order valence-electron chi connectivity index (χ0n) is 21.3. The molecule has 3 atom stereocenters. The van der Waals surface area contributed by atoms with Crippen LogP contribution in [0.25, 0.3) is 0 Å². The molecule has 0 aromatic carbocycles. The van der Waals surface area contributed by atoms with Gasteiger partial charge in [-0.1, -0.05) is 34.6 Å². The summed E-state index contributed by atoms with van der Waals surface area (Å²) in [5, 5.41) is 17.2. The lowest BCUT2D eigenvalue weighted by molar-refractivity contribution is -0.142. The topological polar surface area (TPSA) is 171 Å². The number of carbonyl (C=O) groups is 5. The summed E-state index contributed by atoms with van der Waals surface area (Å²) in [6, 6.07) is -2.06. The fourth-order valence-electron chi connectivity index (χ4n) is 3.52. The van der Waals surface area contributed by atoms with Gasteiger partial charge >= 0.3 is 5.97 Å². The van der Waals surface area contributed by atoms with Crippen molar-refractivity contribution in [2.24, 2.45) is 17.6 Å². The Kier molecular flexibility index (Phi) is 14.8. The lowest BCUT2D eigenvalue weighted by Gasteiger charge is -2.24. The average Bonchev–Trinajstić information content (AvgIpc) is 2.69. The third-order valence-electron chi connectivity index (χ3n) is 5.17. The Morgan fingerprint density at radius 3 is 2.06 bits per heavy atom. The molecule has 0 aliphatic carbocycles. The number of primary amides is 1. The number of likely N-dealkylation sites (N-methyl/N-ethyl adjacent to an activating group) is 1. The summed E-state index contributed by atoms with van der Waals surface area (Å²) in [7, 11) is 1.47. The van der Waals surface area contributed by atoms with Crippen LogP contribution in [-0.4, -0.2) is 77.9 Å². The van der Waals surface area contributed by atoms with Crippen LogP contribution in [0.4, 0.5) is 0 Å². The SMILES string of the molecule is CC(C)C[C@@H](C)C(=O)N(C)CC(=O)N[C@@H](CC(=O)O)C(=O)N[C@@H](CCCCNC(C)C)C(N)=O. The highest BCUT2D eigenvalue weighted by Crippen LogP contribution is 2.13. The molecule has 196 valence electrons. The van der Waals surface area contributed by atoms with Crippen LogP contribution < -0.4 is 21.7 Å². The zero-order chi connectivity index (χ0) is 26.4. The maximum absolute atomic E-state index is 12.7. The molecule has 0 aromatic heterocycles. The van der Waals surface area contributed by atoms with Crippen molar-refractivity contribution in [2.75, 3.05) is 20.1 Å². The van der Waals surface area contributed by atoms with E-state index >= 15 is 0 Å². The second-order valence-corrected chi connectivity index (χ2v) is 9.51. The van der Waals surface area contributed by atoms with Crippen LogP contribution in [0.5, 0.6) is 0 Å². The second kappa shape index (κ2) is 16.0. The molecular weight excluding hydrogens is 442 g/mol. The average molecular weight is 486 g/mol. The van der Waals surface area contributed by atoms with Crippen molar-refractivity contribution in [3.63, 3.8) is 0 Å². The highest BCUT2D eigenvalue weighted by molar-refractivity contribution is 5.94. The number of nitrogens with zero attached hydrogens (tertiary/aromatic N) is 1. The molecular formula is C23H43N5O6. The van der Waals surface area contributed by atoms with E-state index in [1.807, 2.05) is 27.7 Å². The summed E-state index contributed by atoms with van der Waals surface area (Å²) in [6.45, 7) is 10.2. The molecule has 34 heavy (non-hydrogen) atoms. The fourth-order valence-corrected chi connectivity index (χ4v) is 3.52. The van der Waals surface area contributed by atoms with Crippen LogP contribution in [0.15, 0.2) is 0 Å². The van der Waals surface area contributed by atoms with Gasteiger partial charge in [-0.25, -0.2) is 0 Å². The van der Waals surface area contributed by atoms with Crippen LogP contribution in [0.1, 0.15) is 66.7 Å². The summed E-state index contributed by atoms with van der Waals surface area (Å²) in [4.78, 5) is 61.8. The number of carboxylic acids is 1. The molecule has 4 amide bonds. The van der Waals surface area contributed by atoms with Crippen molar-refractivity contribution in [3.8, 4) is 0 Å². The summed E-state index contributed by atoms with van der Waals surface area (Å²) in [6.07, 6.45) is 1.66. The van der Waals surface area contributed by atoms with E-state index in [0.29, 0.717) is 31.2 Å². The predicted molar refractivity (Wildman–Crippen MR) is 129 cm³/mol. The maximum Gasteiger partial charge on any atom is 0.305 e. The highest BCUT2D eigenvalue weighted by Gasteiger charge is 2.28. The molecule has 0 radical (unpaired) electrons. The smallest absolute Gasteiger partial charge is 0.305 e. The number of nitrogens with one attached hydrogen (secondary N) is 3. The number of carboxylic acid groups (broad SMARTS) is 1. The summed E-state index contributed by atoms with van der Waals surface area (Å²) < 4.78 is 0. The lowest BCUT2D eigenvalue weighted by Crippen LogP contribution is -2.54. The Hall–Kier alpha value is -2.69. The quantitative estimate of drug-likeness (QED) is 0.183. The van der Waals surface area contributed by atoms with Gasteiger partial charge in [0.05, 0.1) is 13.0 Å². The molecule has 0 unspecified atom stereocenters. The molecule has 6 N–H and O–H groups in total. The largest absolute Gasteiger partial charge is 0.481 e. The standard InChI is InChI=1S/C23H43N5O6/c1-14(2)11-16(5)23(34)28(6)13-19(29)26-18(12-20(30)31)22(33)27-17(21(24)32)9-7-8-10-25-15(3)4/h14-18,25H,7-13H2,1-6H3,(H2,24,32)(H,26,29)(H,27,33)(H,30,31)/t16-,17+,18+/m1/s1. The van der Waals surface area contributed by atoms with Crippen molar-refractivity contribution in [3.05, 3.63) is 0 Å². The molecule has 0 fully saturated rings. The van der Waals surface area contributed by atoms with Gasteiger partial charge in [0.25, 0.3) is 0 Å². The van der Waals surface area contributed by atoms with Crippen molar-refractivity contribution in [1.82, 2.24) is 20.9 Å². The van der Waals surface area contributed by atoms with Crippen LogP contribution in [0, 0.1) is 11.8 Å². The minimum Gasteiger partial charge on any atom is -0.481 e. The number of unbranched alkanes of at least 4 members (excludes halogenated alkanes) is 1. The van der Waals surface area contributed by atoms with E-state index in [2.05, 4.69) is 16.0 Å². The zero-order valence-corrected chi connectivity index (χ0v) is 21.3. The van der Waals surface area contributed by atoms with Gasteiger partial charge in [0.1, 0.15) is 12.1 Å². The highest BCUT2D eigenvalue weighted by atomic mass is 16.4. The first kappa shape index (κ1) is 31.3. The van der Waals surface area contributed by atoms with E-state index in [0.717, 1.165) is 13.0 Å². The third kappa shape index (κ3) is 13.8. The lowest BCUT2D eigenvalue weighted by atomic mass is 9.98. The maximum atomic E-state index is 12.7. The van der Waals surface area contributed by atoms with Crippen molar-refractivity contribution >= 4 is 29.6 Å². The second-order valence-electron chi connectivity index (χ2n) is 9.51. The number of hydrogen-bond donors (Lipinski definition) is 5. The van der Waals surface area contributed by atoms with Crippen LogP contribution >= 0.6 is 0 Å². The molecule has 0 rings (SSSR count). The van der Waals surface area contributed by atoms with Gasteiger partial charge in [0.15, 0.2) is 0 Å². The van der Waals surface area contributed by atoms with Gasteiger partial charge in [0, 0.05) is 19.0 Å². The first-order valence-corrected chi connectivity index (χ1v) is 11.8. The van der Waals surface area contributed by atoms with Crippen LogP contribution in [-0.2, 0) is 24.0 Å². The number of rotatable bonds is 17. The number of nitrogens with two attached hydrogens (primary N) is 1. The van der Waals surface area contributed by atoms with Crippen molar-refractivity contribution in [2.45, 2.75) is 84.8 Å².